The molecule has 124 valence electrons. The molecule has 0 spiro atoms. The van der Waals surface area contributed by atoms with Gasteiger partial charge >= 0.3 is 0 Å². The second kappa shape index (κ2) is 7.12. The highest BCUT2D eigenvalue weighted by molar-refractivity contribution is 9.10. The van der Waals surface area contributed by atoms with Crippen LogP contribution in [0.2, 0.25) is 0 Å². The molecular formula is C15H19BrN4O2S. The summed E-state index contributed by atoms with van der Waals surface area (Å²) in [5.41, 5.74) is 0.830. The first-order valence-corrected chi connectivity index (χ1v) is 9.85. The third-order valence-electron chi connectivity index (χ3n) is 3.86. The van der Waals surface area contributed by atoms with E-state index in [4.69, 9.17) is 0 Å². The van der Waals surface area contributed by atoms with E-state index in [0.717, 1.165) is 10.0 Å². The Hall–Kier alpha value is -1.22. The van der Waals surface area contributed by atoms with Crippen molar-refractivity contribution in [2.75, 3.05) is 26.2 Å². The summed E-state index contributed by atoms with van der Waals surface area (Å²) in [5.74, 6) is 0.0694. The summed E-state index contributed by atoms with van der Waals surface area (Å²) in [7, 11) is -3.25. The van der Waals surface area contributed by atoms with Crippen LogP contribution in [0.1, 0.15) is 5.56 Å². The normalized spacial score (nSPS) is 17.4. The van der Waals surface area contributed by atoms with E-state index in [1.54, 1.807) is 10.5 Å². The van der Waals surface area contributed by atoms with Gasteiger partial charge in [-0.2, -0.15) is 9.40 Å². The summed E-state index contributed by atoms with van der Waals surface area (Å²) in [5, 5.41) is 4.23. The van der Waals surface area contributed by atoms with E-state index in [2.05, 4.69) is 25.9 Å². The van der Waals surface area contributed by atoms with E-state index in [1.165, 1.54) is 0 Å². The summed E-state index contributed by atoms with van der Waals surface area (Å²) in [6.45, 7) is 3.16. The van der Waals surface area contributed by atoms with E-state index >= 15 is 0 Å². The highest BCUT2D eigenvalue weighted by Crippen LogP contribution is 2.14. The maximum atomic E-state index is 12.5. The van der Waals surface area contributed by atoms with E-state index in [9.17, 15) is 8.42 Å². The second-order valence-electron chi connectivity index (χ2n) is 5.60. The Balaban J connectivity index is 1.55. The van der Waals surface area contributed by atoms with Crippen molar-refractivity contribution >= 4 is 26.0 Å². The van der Waals surface area contributed by atoms with Crippen LogP contribution in [-0.2, 0) is 22.4 Å². The van der Waals surface area contributed by atoms with Gasteiger partial charge in [-0.25, -0.2) is 8.42 Å². The SMILES string of the molecule is O=S(=O)(Cc1ccccc1)N1CCN(Cn2cc(Br)cn2)CC1. The lowest BCUT2D eigenvalue weighted by atomic mass is 10.2. The van der Waals surface area contributed by atoms with Gasteiger partial charge in [0.05, 0.1) is 23.1 Å². The van der Waals surface area contributed by atoms with E-state index < -0.39 is 10.0 Å². The summed E-state index contributed by atoms with van der Waals surface area (Å²) in [6.07, 6.45) is 3.67. The second-order valence-corrected chi connectivity index (χ2v) is 8.48. The van der Waals surface area contributed by atoms with Crippen LogP contribution in [0.4, 0.5) is 0 Å². The zero-order valence-corrected chi connectivity index (χ0v) is 15.1. The molecule has 6 nitrogen and oxygen atoms in total. The van der Waals surface area contributed by atoms with Gasteiger partial charge in [0.1, 0.15) is 0 Å². The van der Waals surface area contributed by atoms with Crippen LogP contribution >= 0.6 is 15.9 Å². The van der Waals surface area contributed by atoms with Crippen LogP contribution in [0, 0.1) is 0 Å². The van der Waals surface area contributed by atoms with Crippen molar-refractivity contribution in [3.05, 3.63) is 52.8 Å². The Morgan fingerprint density at radius 3 is 2.39 bits per heavy atom. The molecule has 8 heteroatoms. The maximum Gasteiger partial charge on any atom is 0.218 e. The first-order chi connectivity index (χ1) is 11.0. The smallest absolute Gasteiger partial charge is 0.218 e. The Kier molecular flexibility index (Phi) is 5.15. The van der Waals surface area contributed by atoms with Crippen molar-refractivity contribution in [1.29, 1.82) is 0 Å². The topological polar surface area (TPSA) is 58.4 Å². The van der Waals surface area contributed by atoms with Gasteiger partial charge in [-0.05, 0) is 21.5 Å². The molecule has 1 saturated heterocycles. The molecule has 0 atom stereocenters. The van der Waals surface area contributed by atoms with Crippen LogP contribution in [0.5, 0.6) is 0 Å². The van der Waals surface area contributed by atoms with Gasteiger partial charge in [0.25, 0.3) is 0 Å². The van der Waals surface area contributed by atoms with Gasteiger partial charge < -0.3 is 0 Å². The molecule has 2 aromatic rings. The summed E-state index contributed by atoms with van der Waals surface area (Å²) in [4.78, 5) is 2.20. The van der Waals surface area contributed by atoms with Crippen LogP contribution in [0.3, 0.4) is 0 Å². The Morgan fingerprint density at radius 2 is 1.78 bits per heavy atom. The number of piperazine rings is 1. The van der Waals surface area contributed by atoms with Gasteiger partial charge in [0.15, 0.2) is 0 Å². The molecule has 23 heavy (non-hydrogen) atoms. The predicted molar refractivity (Wildman–Crippen MR) is 92.1 cm³/mol. The maximum absolute atomic E-state index is 12.5. The molecule has 1 fully saturated rings. The fourth-order valence-corrected chi connectivity index (χ4v) is 4.49. The fraction of sp³-hybridized carbons (Fsp3) is 0.400. The van der Waals surface area contributed by atoms with Crippen LogP contribution < -0.4 is 0 Å². The van der Waals surface area contributed by atoms with Gasteiger partial charge in [0.2, 0.25) is 10.0 Å². The standard InChI is InChI=1S/C15H19BrN4O2S/c16-15-10-17-19(11-15)13-18-6-8-20(9-7-18)23(21,22)12-14-4-2-1-3-5-14/h1-5,10-11H,6-9,12-13H2. The number of rotatable bonds is 5. The molecule has 1 aromatic carbocycles. The monoisotopic (exact) mass is 398 g/mol. The first-order valence-electron chi connectivity index (χ1n) is 7.45. The molecule has 0 bridgehead atoms. The van der Waals surface area contributed by atoms with Gasteiger partial charge in [-0.15, -0.1) is 0 Å². The lowest BCUT2D eigenvalue weighted by Gasteiger charge is -2.33. The van der Waals surface area contributed by atoms with Crippen molar-refractivity contribution in [2.24, 2.45) is 0 Å². The largest absolute Gasteiger partial charge is 0.282 e. The van der Waals surface area contributed by atoms with Crippen LogP contribution in [-0.4, -0.2) is 53.6 Å². The van der Waals surface area contributed by atoms with Crippen molar-refractivity contribution in [3.8, 4) is 0 Å². The van der Waals surface area contributed by atoms with Gasteiger partial charge in [-0.3, -0.25) is 9.58 Å². The molecule has 1 aliphatic heterocycles. The van der Waals surface area contributed by atoms with Crippen molar-refractivity contribution in [1.82, 2.24) is 19.0 Å². The number of hydrogen-bond acceptors (Lipinski definition) is 4. The summed E-state index contributed by atoms with van der Waals surface area (Å²) >= 11 is 3.37. The minimum absolute atomic E-state index is 0.0694. The van der Waals surface area contributed by atoms with Gasteiger partial charge in [-0.1, -0.05) is 30.3 Å². The molecule has 3 rings (SSSR count). The molecule has 1 aromatic heterocycles. The van der Waals surface area contributed by atoms with E-state index in [-0.39, 0.29) is 5.75 Å². The number of sulfonamides is 1. The molecule has 0 radical (unpaired) electrons. The molecule has 0 amide bonds. The van der Waals surface area contributed by atoms with Gasteiger partial charge in [0, 0.05) is 32.4 Å². The Labute approximate surface area is 144 Å². The van der Waals surface area contributed by atoms with Crippen LogP contribution in [0.15, 0.2) is 47.2 Å². The van der Waals surface area contributed by atoms with Crippen molar-refractivity contribution < 1.29 is 8.42 Å². The average Bonchev–Trinajstić information content (AvgIpc) is 2.93. The molecule has 1 aliphatic rings. The van der Waals surface area contributed by atoms with E-state index in [1.807, 2.05) is 41.2 Å². The zero-order chi connectivity index (χ0) is 16.3. The number of hydrogen-bond donors (Lipinski definition) is 0. The van der Waals surface area contributed by atoms with E-state index in [0.29, 0.717) is 32.8 Å². The molecule has 0 unspecified atom stereocenters. The zero-order valence-electron chi connectivity index (χ0n) is 12.7. The predicted octanol–water partition coefficient (Wildman–Crippen LogP) is 1.75. The highest BCUT2D eigenvalue weighted by atomic mass is 79.9. The molecule has 0 N–H and O–H groups in total. The molecule has 0 saturated carbocycles. The number of benzene rings is 1. The third-order valence-corrected chi connectivity index (χ3v) is 6.12. The summed E-state index contributed by atoms with van der Waals surface area (Å²) < 4.78 is 29.4. The average molecular weight is 399 g/mol. The van der Waals surface area contributed by atoms with Crippen molar-refractivity contribution in [2.45, 2.75) is 12.4 Å². The number of aromatic nitrogens is 2. The Morgan fingerprint density at radius 1 is 1.09 bits per heavy atom. The first kappa shape index (κ1) is 16.6. The quantitative estimate of drug-likeness (QED) is 0.769. The minimum atomic E-state index is -3.25. The van der Waals surface area contributed by atoms with Crippen molar-refractivity contribution in [3.63, 3.8) is 0 Å². The minimum Gasteiger partial charge on any atom is -0.282 e. The Bertz CT molecular complexity index is 740. The third kappa shape index (κ3) is 4.41. The lowest BCUT2D eigenvalue weighted by molar-refractivity contribution is 0.145. The number of halogens is 1. The number of nitrogens with zero attached hydrogens (tertiary/aromatic N) is 4. The molecule has 2 heterocycles. The molecular weight excluding hydrogens is 380 g/mol. The van der Waals surface area contributed by atoms with Crippen LogP contribution in [0.25, 0.3) is 0 Å². The fourth-order valence-electron chi connectivity index (χ4n) is 2.65. The summed E-state index contributed by atoms with van der Waals surface area (Å²) in [6, 6.07) is 9.32. The highest BCUT2D eigenvalue weighted by Gasteiger charge is 2.27. The lowest BCUT2D eigenvalue weighted by Crippen LogP contribution is -2.49. The molecule has 0 aliphatic carbocycles.